The van der Waals surface area contributed by atoms with Gasteiger partial charge in [-0.05, 0) is 44.1 Å². The van der Waals surface area contributed by atoms with E-state index in [9.17, 15) is 0 Å². The normalized spacial score (nSPS) is 40.7. The van der Waals surface area contributed by atoms with Gasteiger partial charge in [0, 0.05) is 12.6 Å². The maximum atomic E-state index is 6.35. The molecule has 0 aromatic carbocycles. The average molecular weight is 255 g/mol. The molecule has 0 aromatic rings. The maximum Gasteiger partial charge on any atom is 0.0965 e. The van der Waals surface area contributed by atoms with Crippen molar-refractivity contribution in [2.75, 3.05) is 20.3 Å². The van der Waals surface area contributed by atoms with Crippen molar-refractivity contribution in [2.45, 2.75) is 64.7 Å². The lowest BCUT2D eigenvalue weighted by molar-refractivity contribution is -0.123. The quantitative estimate of drug-likeness (QED) is 0.841. The van der Waals surface area contributed by atoms with E-state index in [0.717, 1.165) is 25.6 Å². The fraction of sp³-hybridized carbons (Fsp3) is 1.00. The largest absolute Gasteiger partial charge is 0.379 e. The predicted molar refractivity (Wildman–Crippen MR) is 73.7 cm³/mol. The summed E-state index contributed by atoms with van der Waals surface area (Å²) in [5, 5.41) is 3.37. The van der Waals surface area contributed by atoms with Crippen molar-refractivity contribution < 1.29 is 9.47 Å². The highest BCUT2D eigenvalue weighted by Gasteiger charge is 2.35. The van der Waals surface area contributed by atoms with Gasteiger partial charge in [-0.3, -0.25) is 0 Å². The Balaban J connectivity index is 1.91. The molecule has 0 spiro atoms. The Morgan fingerprint density at radius 2 is 2.06 bits per heavy atom. The highest BCUT2D eigenvalue weighted by molar-refractivity contribution is 4.86. The molecule has 2 rings (SSSR count). The molecule has 1 heterocycles. The van der Waals surface area contributed by atoms with Crippen LogP contribution in [0.15, 0.2) is 0 Å². The van der Waals surface area contributed by atoms with Crippen LogP contribution in [-0.4, -0.2) is 38.5 Å². The number of rotatable bonds is 3. The van der Waals surface area contributed by atoms with Crippen LogP contribution in [0.2, 0.25) is 0 Å². The van der Waals surface area contributed by atoms with E-state index in [0.29, 0.717) is 17.6 Å². The number of nitrogens with one attached hydrogen (secondary N) is 1. The van der Waals surface area contributed by atoms with Crippen LogP contribution >= 0.6 is 0 Å². The molecular weight excluding hydrogens is 226 g/mol. The zero-order valence-corrected chi connectivity index (χ0v) is 12.4. The molecule has 106 valence electrons. The predicted octanol–water partition coefficient (Wildman–Crippen LogP) is 2.59. The van der Waals surface area contributed by atoms with Gasteiger partial charge in [0.25, 0.3) is 0 Å². The molecule has 3 nitrogen and oxygen atoms in total. The first-order chi connectivity index (χ1) is 8.50. The van der Waals surface area contributed by atoms with E-state index in [1.165, 1.54) is 19.3 Å². The third-order valence-electron chi connectivity index (χ3n) is 4.39. The minimum Gasteiger partial charge on any atom is -0.379 e. The van der Waals surface area contributed by atoms with E-state index in [1.54, 1.807) is 0 Å². The first-order valence-electron chi connectivity index (χ1n) is 7.40. The van der Waals surface area contributed by atoms with E-state index >= 15 is 0 Å². The lowest BCUT2D eigenvalue weighted by Gasteiger charge is -2.42. The lowest BCUT2D eigenvalue weighted by Crippen LogP contribution is -2.49. The number of hydrogen-bond acceptors (Lipinski definition) is 3. The van der Waals surface area contributed by atoms with E-state index in [4.69, 9.17) is 9.47 Å². The number of ether oxygens (including phenoxy) is 2. The van der Waals surface area contributed by atoms with E-state index in [-0.39, 0.29) is 6.10 Å². The molecule has 0 radical (unpaired) electrons. The van der Waals surface area contributed by atoms with Crippen molar-refractivity contribution >= 4 is 0 Å². The second-order valence-electron chi connectivity index (χ2n) is 6.97. The van der Waals surface area contributed by atoms with Gasteiger partial charge in [0.2, 0.25) is 0 Å². The molecule has 0 bridgehead atoms. The Morgan fingerprint density at radius 3 is 2.72 bits per heavy atom. The van der Waals surface area contributed by atoms with E-state index < -0.39 is 0 Å². The highest BCUT2D eigenvalue weighted by Crippen LogP contribution is 2.40. The molecule has 1 saturated carbocycles. The molecule has 1 aliphatic heterocycles. The molecule has 4 atom stereocenters. The molecule has 0 amide bonds. The van der Waals surface area contributed by atoms with Gasteiger partial charge in [0.1, 0.15) is 0 Å². The Labute approximate surface area is 112 Å². The van der Waals surface area contributed by atoms with Crippen LogP contribution in [0.4, 0.5) is 0 Å². The summed E-state index contributed by atoms with van der Waals surface area (Å²) in [6.07, 6.45) is 5.41. The van der Waals surface area contributed by atoms with Gasteiger partial charge in [0.15, 0.2) is 0 Å². The molecule has 1 N–H and O–H groups in total. The van der Waals surface area contributed by atoms with Gasteiger partial charge < -0.3 is 14.8 Å². The Morgan fingerprint density at radius 1 is 1.28 bits per heavy atom. The van der Waals surface area contributed by atoms with Gasteiger partial charge >= 0.3 is 0 Å². The molecule has 3 heteroatoms. The molecule has 2 aliphatic rings. The average Bonchev–Trinajstić information content (AvgIpc) is 2.27. The summed E-state index contributed by atoms with van der Waals surface area (Å²) in [7, 11) is 2.03. The van der Waals surface area contributed by atoms with Crippen LogP contribution in [0.5, 0.6) is 0 Å². The van der Waals surface area contributed by atoms with Gasteiger partial charge in [-0.2, -0.15) is 0 Å². The third-order valence-corrected chi connectivity index (χ3v) is 4.39. The standard InChI is InChI=1S/C15H29NO2/c1-11-7-12(9-15(2,3)8-11)18-14-10-17-6-5-13(14)16-4/h11-14,16H,5-10H2,1-4H3. The van der Waals surface area contributed by atoms with Crippen molar-refractivity contribution in [3.05, 3.63) is 0 Å². The highest BCUT2D eigenvalue weighted by atomic mass is 16.5. The molecular formula is C15H29NO2. The van der Waals surface area contributed by atoms with Gasteiger partial charge in [-0.25, -0.2) is 0 Å². The zero-order valence-electron chi connectivity index (χ0n) is 12.4. The van der Waals surface area contributed by atoms with Crippen molar-refractivity contribution in [3.8, 4) is 0 Å². The summed E-state index contributed by atoms with van der Waals surface area (Å²) in [4.78, 5) is 0. The SMILES string of the molecule is CNC1CCOCC1OC1CC(C)CC(C)(C)C1. The number of hydrogen-bond donors (Lipinski definition) is 1. The fourth-order valence-corrected chi connectivity index (χ4v) is 3.79. The third kappa shape index (κ3) is 3.69. The smallest absolute Gasteiger partial charge is 0.0965 e. The second kappa shape index (κ2) is 5.89. The molecule has 18 heavy (non-hydrogen) atoms. The van der Waals surface area contributed by atoms with Crippen molar-refractivity contribution in [2.24, 2.45) is 11.3 Å². The van der Waals surface area contributed by atoms with Crippen molar-refractivity contribution in [1.29, 1.82) is 0 Å². The zero-order chi connectivity index (χ0) is 13.2. The minimum absolute atomic E-state index is 0.231. The monoisotopic (exact) mass is 255 g/mol. The van der Waals surface area contributed by atoms with Crippen LogP contribution in [0.1, 0.15) is 46.5 Å². The Hall–Kier alpha value is -0.120. The summed E-state index contributed by atoms with van der Waals surface area (Å²) in [5.41, 5.74) is 0.424. The van der Waals surface area contributed by atoms with E-state index in [1.807, 2.05) is 7.05 Å². The first-order valence-corrected chi connectivity index (χ1v) is 7.40. The minimum atomic E-state index is 0.231. The summed E-state index contributed by atoms with van der Waals surface area (Å²) in [5.74, 6) is 0.774. The van der Waals surface area contributed by atoms with Gasteiger partial charge in [-0.1, -0.05) is 20.8 Å². The van der Waals surface area contributed by atoms with Crippen molar-refractivity contribution in [3.63, 3.8) is 0 Å². The van der Waals surface area contributed by atoms with Crippen LogP contribution in [0.3, 0.4) is 0 Å². The summed E-state index contributed by atoms with van der Waals surface area (Å²) >= 11 is 0. The van der Waals surface area contributed by atoms with Crippen molar-refractivity contribution in [1.82, 2.24) is 5.32 Å². The number of likely N-dealkylation sites (N-methyl/N-ethyl adjacent to an activating group) is 1. The van der Waals surface area contributed by atoms with Crippen LogP contribution in [0, 0.1) is 11.3 Å². The molecule has 0 aromatic heterocycles. The first kappa shape index (κ1) is 14.3. The topological polar surface area (TPSA) is 30.5 Å². The van der Waals surface area contributed by atoms with E-state index in [2.05, 4.69) is 26.1 Å². The molecule has 1 aliphatic carbocycles. The van der Waals surface area contributed by atoms with Crippen LogP contribution in [-0.2, 0) is 9.47 Å². The Kier molecular flexibility index (Phi) is 4.68. The molecule has 2 fully saturated rings. The summed E-state index contributed by atoms with van der Waals surface area (Å²) in [6, 6.07) is 0.457. The lowest BCUT2D eigenvalue weighted by atomic mass is 9.71. The van der Waals surface area contributed by atoms with Gasteiger partial charge in [0.05, 0.1) is 18.8 Å². The van der Waals surface area contributed by atoms with Gasteiger partial charge in [-0.15, -0.1) is 0 Å². The van der Waals surface area contributed by atoms with Crippen LogP contribution in [0.25, 0.3) is 0 Å². The molecule has 1 saturated heterocycles. The second-order valence-corrected chi connectivity index (χ2v) is 6.97. The van der Waals surface area contributed by atoms with Crippen LogP contribution < -0.4 is 5.32 Å². The summed E-state index contributed by atoms with van der Waals surface area (Å²) in [6.45, 7) is 8.69. The maximum absolute atomic E-state index is 6.35. The Bertz CT molecular complexity index is 267. The summed E-state index contributed by atoms with van der Waals surface area (Å²) < 4.78 is 11.9. The molecule has 4 unspecified atom stereocenters. The fourth-order valence-electron chi connectivity index (χ4n) is 3.79.